The summed E-state index contributed by atoms with van der Waals surface area (Å²) in [5.41, 5.74) is 0.803. The second-order valence-electron chi connectivity index (χ2n) is 6.64. The third kappa shape index (κ3) is 4.69. The van der Waals surface area contributed by atoms with Crippen LogP contribution in [0, 0.1) is 6.92 Å². The molecule has 4 rings (SSSR count). The molecule has 5 nitrogen and oxygen atoms in total. The van der Waals surface area contributed by atoms with Gasteiger partial charge in [0, 0.05) is 29.4 Å². The molecule has 3 aromatic heterocycles. The van der Waals surface area contributed by atoms with Crippen molar-refractivity contribution in [2.24, 2.45) is 0 Å². The van der Waals surface area contributed by atoms with E-state index in [1.165, 1.54) is 21.1 Å². The van der Waals surface area contributed by atoms with E-state index in [0.717, 1.165) is 54.8 Å². The fourth-order valence-electron chi connectivity index (χ4n) is 3.13. The Morgan fingerprint density at radius 1 is 1.18 bits per heavy atom. The number of nitrogens with one attached hydrogen (secondary N) is 1. The number of morpholine rings is 1. The van der Waals surface area contributed by atoms with E-state index in [1.807, 2.05) is 6.92 Å². The van der Waals surface area contributed by atoms with E-state index in [1.54, 1.807) is 22.7 Å². The van der Waals surface area contributed by atoms with E-state index < -0.39 is 0 Å². The number of amides is 1. The molecule has 0 aliphatic carbocycles. The summed E-state index contributed by atoms with van der Waals surface area (Å²) in [6, 6.07) is 8.42. The maximum Gasteiger partial charge on any atom is 0.263 e. The van der Waals surface area contributed by atoms with Crippen LogP contribution >= 0.6 is 34.0 Å². The molecule has 1 aliphatic rings. The summed E-state index contributed by atoms with van der Waals surface area (Å²) in [4.78, 5) is 24.0. The first kappa shape index (κ1) is 19.7. The summed E-state index contributed by atoms with van der Waals surface area (Å²) < 4.78 is 5.36. The van der Waals surface area contributed by atoms with Crippen molar-refractivity contribution in [1.82, 2.24) is 15.2 Å². The van der Waals surface area contributed by atoms with E-state index in [2.05, 4.69) is 44.8 Å². The first-order valence-electron chi connectivity index (χ1n) is 9.40. The van der Waals surface area contributed by atoms with Crippen LogP contribution < -0.4 is 5.32 Å². The van der Waals surface area contributed by atoms with Gasteiger partial charge in [0.2, 0.25) is 0 Å². The Labute approximate surface area is 177 Å². The van der Waals surface area contributed by atoms with E-state index in [0.29, 0.717) is 11.4 Å². The van der Waals surface area contributed by atoms with Crippen LogP contribution in [0.2, 0.25) is 0 Å². The van der Waals surface area contributed by atoms with Crippen molar-refractivity contribution < 1.29 is 9.53 Å². The molecular formula is C20H23N3O2S3. The van der Waals surface area contributed by atoms with Crippen LogP contribution in [0.5, 0.6) is 0 Å². The molecule has 1 aliphatic heterocycles. The molecule has 3 aromatic rings. The molecular weight excluding hydrogens is 410 g/mol. The number of thiophene rings is 2. The highest BCUT2D eigenvalue weighted by Gasteiger charge is 2.17. The Morgan fingerprint density at radius 2 is 2.00 bits per heavy atom. The van der Waals surface area contributed by atoms with Crippen molar-refractivity contribution in [1.29, 1.82) is 0 Å². The second kappa shape index (κ2) is 9.28. The van der Waals surface area contributed by atoms with E-state index in [4.69, 9.17) is 4.74 Å². The summed E-state index contributed by atoms with van der Waals surface area (Å²) >= 11 is 4.94. The van der Waals surface area contributed by atoms with Crippen molar-refractivity contribution in [2.75, 3.05) is 39.4 Å². The number of hydrogen-bond acceptors (Lipinski definition) is 7. The summed E-state index contributed by atoms with van der Waals surface area (Å²) in [5.74, 6) is -0.0155. The Morgan fingerprint density at radius 3 is 2.79 bits per heavy atom. The van der Waals surface area contributed by atoms with Crippen LogP contribution in [0.15, 0.2) is 29.6 Å². The lowest BCUT2D eigenvalue weighted by Gasteiger charge is -2.26. The molecule has 0 radical (unpaired) electrons. The molecule has 1 amide bonds. The Bertz CT molecular complexity index is 911. The third-order valence-corrected chi connectivity index (χ3v) is 8.10. The van der Waals surface area contributed by atoms with Gasteiger partial charge in [0.05, 0.1) is 23.8 Å². The fourth-order valence-corrected chi connectivity index (χ4v) is 6.00. The maximum atomic E-state index is 12.6. The quantitative estimate of drug-likeness (QED) is 0.563. The monoisotopic (exact) mass is 433 g/mol. The maximum absolute atomic E-state index is 12.6. The number of ether oxygens (including phenoxy) is 1. The second-order valence-corrected chi connectivity index (χ2v) is 9.67. The topological polar surface area (TPSA) is 54.5 Å². The number of hydrogen-bond donors (Lipinski definition) is 1. The molecule has 28 heavy (non-hydrogen) atoms. The number of thiazole rings is 1. The zero-order valence-electron chi connectivity index (χ0n) is 15.8. The Balaban J connectivity index is 1.34. The van der Waals surface area contributed by atoms with Gasteiger partial charge in [-0.3, -0.25) is 9.69 Å². The molecule has 0 bridgehead atoms. The molecule has 148 valence electrons. The fraction of sp³-hybridized carbons (Fsp3) is 0.400. The van der Waals surface area contributed by atoms with Crippen molar-refractivity contribution in [2.45, 2.75) is 13.3 Å². The summed E-state index contributed by atoms with van der Waals surface area (Å²) in [7, 11) is 0. The van der Waals surface area contributed by atoms with Gasteiger partial charge < -0.3 is 10.1 Å². The number of aryl methyl sites for hydroxylation is 1. The largest absolute Gasteiger partial charge is 0.379 e. The zero-order valence-corrected chi connectivity index (χ0v) is 18.2. The molecule has 1 N–H and O–H groups in total. The van der Waals surface area contributed by atoms with Gasteiger partial charge in [0.25, 0.3) is 5.91 Å². The number of carbonyl (C=O) groups excluding carboxylic acids is 1. The lowest BCUT2D eigenvalue weighted by atomic mass is 10.3. The first-order chi connectivity index (χ1) is 13.7. The Kier molecular flexibility index (Phi) is 6.54. The summed E-state index contributed by atoms with van der Waals surface area (Å²) in [5, 5.41) is 6.06. The van der Waals surface area contributed by atoms with Crippen LogP contribution in [0.25, 0.3) is 19.6 Å². The van der Waals surface area contributed by atoms with Gasteiger partial charge in [-0.15, -0.1) is 34.0 Å². The minimum Gasteiger partial charge on any atom is -0.379 e. The highest BCUT2D eigenvalue weighted by Crippen LogP contribution is 2.38. The van der Waals surface area contributed by atoms with Gasteiger partial charge in [0.1, 0.15) is 9.88 Å². The van der Waals surface area contributed by atoms with Gasteiger partial charge >= 0.3 is 0 Å². The highest BCUT2D eigenvalue weighted by molar-refractivity contribution is 7.26. The average molecular weight is 434 g/mol. The minimum atomic E-state index is -0.0155. The number of aromatic nitrogens is 1. The van der Waals surface area contributed by atoms with Crippen LogP contribution in [0.3, 0.4) is 0 Å². The van der Waals surface area contributed by atoms with Crippen LogP contribution in [-0.4, -0.2) is 55.2 Å². The summed E-state index contributed by atoms with van der Waals surface area (Å²) in [6.07, 6.45) is 0.950. The Hall–Kier alpha value is -1.58. The van der Waals surface area contributed by atoms with E-state index in [9.17, 15) is 4.79 Å². The predicted molar refractivity (Wildman–Crippen MR) is 118 cm³/mol. The molecule has 0 saturated carbocycles. The van der Waals surface area contributed by atoms with Crippen LogP contribution in [0.1, 0.15) is 21.8 Å². The van der Waals surface area contributed by atoms with Gasteiger partial charge in [0.15, 0.2) is 0 Å². The van der Waals surface area contributed by atoms with Crippen LogP contribution in [0.4, 0.5) is 0 Å². The molecule has 0 aromatic carbocycles. The highest BCUT2D eigenvalue weighted by atomic mass is 32.1. The minimum absolute atomic E-state index is 0.0155. The number of nitrogens with zero attached hydrogens (tertiary/aromatic N) is 2. The standard InChI is InChI=1S/C20H23N3O2S3/c1-14-18(19(24)21-7-3-8-23-9-11-25-12-10-23)28-20(22-14)17-6-5-16(27-17)15-4-2-13-26-15/h2,4-6,13H,3,7-12H2,1H3,(H,21,24). The molecule has 1 saturated heterocycles. The summed E-state index contributed by atoms with van der Waals surface area (Å²) in [6.45, 7) is 7.19. The van der Waals surface area contributed by atoms with Gasteiger partial charge in [-0.1, -0.05) is 6.07 Å². The van der Waals surface area contributed by atoms with Crippen molar-refractivity contribution >= 4 is 39.9 Å². The van der Waals surface area contributed by atoms with Gasteiger partial charge in [-0.05, 0) is 43.5 Å². The predicted octanol–water partition coefficient (Wildman–Crippen LogP) is 4.36. The van der Waals surface area contributed by atoms with Gasteiger partial charge in [-0.2, -0.15) is 0 Å². The number of carbonyl (C=O) groups is 1. The third-order valence-electron chi connectivity index (χ3n) is 4.62. The molecule has 4 heterocycles. The lowest BCUT2D eigenvalue weighted by Crippen LogP contribution is -2.38. The van der Waals surface area contributed by atoms with E-state index >= 15 is 0 Å². The number of rotatable bonds is 7. The van der Waals surface area contributed by atoms with Crippen LogP contribution in [-0.2, 0) is 4.74 Å². The smallest absolute Gasteiger partial charge is 0.263 e. The molecule has 1 fully saturated rings. The van der Waals surface area contributed by atoms with Crippen molar-refractivity contribution in [3.63, 3.8) is 0 Å². The average Bonchev–Trinajstić information content (AvgIpc) is 3.45. The molecule has 0 unspecified atom stereocenters. The van der Waals surface area contributed by atoms with Gasteiger partial charge in [-0.25, -0.2) is 4.98 Å². The SMILES string of the molecule is Cc1nc(-c2ccc(-c3cccs3)s2)sc1C(=O)NCCCN1CCOCC1. The molecule has 8 heteroatoms. The molecule has 0 spiro atoms. The van der Waals surface area contributed by atoms with Crippen molar-refractivity contribution in [3.8, 4) is 19.6 Å². The normalized spacial score (nSPS) is 15.0. The van der Waals surface area contributed by atoms with E-state index in [-0.39, 0.29) is 5.91 Å². The van der Waals surface area contributed by atoms with Crippen molar-refractivity contribution in [3.05, 3.63) is 40.2 Å². The molecule has 0 atom stereocenters. The lowest BCUT2D eigenvalue weighted by molar-refractivity contribution is 0.0374. The zero-order chi connectivity index (χ0) is 19.3. The first-order valence-corrected chi connectivity index (χ1v) is 11.9.